The standard InChI is InChI=1S/C12H15NO3/c1-3-15-11-5-4-9(12-7-16-12)6-10(11)13-8(2)14/h4-6,12H,3,7H2,1-2H3,(H,13,14). The molecule has 0 radical (unpaired) electrons. The van der Waals surface area contributed by atoms with Crippen molar-refractivity contribution in [3.05, 3.63) is 23.8 Å². The zero-order chi connectivity index (χ0) is 11.5. The number of hydrogen-bond donors (Lipinski definition) is 1. The fourth-order valence-corrected chi connectivity index (χ4v) is 1.56. The van der Waals surface area contributed by atoms with Crippen LogP contribution in [0.25, 0.3) is 0 Å². The van der Waals surface area contributed by atoms with Crippen molar-refractivity contribution in [2.45, 2.75) is 20.0 Å². The molecule has 1 saturated heterocycles. The van der Waals surface area contributed by atoms with E-state index in [-0.39, 0.29) is 12.0 Å². The van der Waals surface area contributed by atoms with E-state index >= 15 is 0 Å². The van der Waals surface area contributed by atoms with E-state index in [1.54, 1.807) is 0 Å². The van der Waals surface area contributed by atoms with Crippen LogP contribution < -0.4 is 10.1 Å². The predicted octanol–water partition coefficient (Wildman–Crippen LogP) is 2.11. The predicted molar refractivity (Wildman–Crippen MR) is 60.6 cm³/mol. The zero-order valence-electron chi connectivity index (χ0n) is 9.45. The van der Waals surface area contributed by atoms with E-state index in [0.29, 0.717) is 18.0 Å². The molecule has 1 aromatic rings. The van der Waals surface area contributed by atoms with Crippen molar-refractivity contribution in [1.82, 2.24) is 0 Å². The summed E-state index contributed by atoms with van der Waals surface area (Å²) < 4.78 is 10.6. The maximum Gasteiger partial charge on any atom is 0.221 e. The van der Waals surface area contributed by atoms with Crippen LogP contribution in [-0.4, -0.2) is 19.1 Å². The van der Waals surface area contributed by atoms with Crippen LogP contribution in [0.5, 0.6) is 5.75 Å². The summed E-state index contributed by atoms with van der Waals surface area (Å²) >= 11 is 0. The molecule has 1 atom stereocenters. The second-order valence-corrected chi connectivity index (χ2v) is 3.69. The molecule has 1 unspecified atom stereocenters. The van der Waals surface area contributed by atoms with Crippen LogP contribution >= 0.6 is 0 Å². The van der Waals surface area contributed by atoms with E-state index < -0.39 is 0 Å². The van der Waals surface area contributed by atoms with Crippen LogP contribution in [0.4, 0.5) is 5.69 Å². The van der Waals surface area contributed by atoms with Crippen molar-refractivity contribution in [3.8, 4) is 5.75 Å². The number of carbonyl (C=O) groups excluding carboxylic acids is 1. The van der Waals surface area contributed by atoms with Crippen molar-refractivity contribution in [1.29, 1.82) is 0 Å². The molecule has 4 nitrogen and oxygen atoms in total. The first-order valence-corrected chi connectivity index (χ1v) is 5.36. The number of carbonyl (C=O) groups is 1. The van der Waals surface area contributed by atoms with E-state index in [0.717, 1.165) is 12.2 Å². The molecule has 0 bridgehead atoms. The molecule has 2 rings (SSSR count). The van der Waals surface area contributed by atoms with Crippen LogP contribution in [0, 0.1) is 0 Å². The third-order valence-corrected chi connectivity index (χ3v) is 2.32. The van der Waals surface area contributed by atoms with Crippen LogP contribution in [0.3, 0.4) is 0 Å². The van der Waals surface area contributed by atoms with Crippen molar-refractivity contribution >= 4 is 11.6 Å². The number of nitrogens with one attached hydrogen (secondary N) is 1. The van der Waals surface area contributed by atoms with Crippen LogP contribution in [0.15, 0.2) is 18.2 Å². The van der Waals surface area contributed by atoms with E-state index in [1.165, 1.54) is 6.92 Å². The van der Waals surface area contributed by atoms with Gasteiger partial charge < -0.3 is 14.8 Å². The van der Waals surface area contributed by atoms with E-state index in [4.69, 9.17) is 9.47 Å². The number of amides is 1. The van der Waals surface area contributed by atoms with E-state index in [9.17, 15) is 4.79 Å². The summed E-state index contributed by atoms with van der Waals surface area (Å²) in [6.45, 7) is 4.73. The van der Waals surface area contributed by atoms with Crippen molar-refractivity contribution in [2.75, 3.05) is 18.5 Å². The van der Waals surface area contributed by atoms with Crippen LogP contribution in [0.2, 0.25) is 0 Å². The first kappa shape index (κ1) is 11.0. The Balaban J connectivity index is 2.25. The molecule has 1 fully saturated rings. The molecular weight excluding hydrogens is 206 g/mol. The van der Waals surface area contributed by atoms with Crippen molar-refractivity contribution < 1.29 is 14.3 Å². The van der Waals surface area contributed by atoms with Gasteiger partial charge in [-0.3, -0.25) is 4.79 Å². The maximum atomic E-state index is 11.1. The minimum Gasteiger partial charge on any atom is -0.492 e. The lowest BCUT2D eigenvalue weighted by molar-refractivity contribution is -0.114. The zero-order valence-corrected chi connectivity index (χ0v) is 9.45. The van der Waals surface area contributed by atoms with Gasteiger partial charge in [0.15, 0.2) is 0 Å². The molecule has 1 aliphatic rings. The number of anilines is 1. The Bertz CT molecular complexity index is 399. The van der Waals surface area contributed by atoms with Gasteiger partial charge in [0.2, 0.25) is 5.91 Å². The SMILES string of the molecule is CCOc1ccc(C2CO2)cc1NC(C)=O. The second-order valence-electron chi connectivity index (χ2n) is 3.69. The van der Waals surface area contributed by atoms with E-state index in [1.807, 2.05) is 25.1 Å². The highest BCUT2D eigenvalue weighted by Gasteiger charge is 2.25. The highest BCUT2D eigenvalue weighted by Crippen LogP contribution is 2.35. The summed E-state index contributed by atoms with van der Waals surface area (Å²) in [4.78, 5) is 11.1. The van der Waals surface area contributed by atoms with Gasteiger partial charge in [-0.25, -0.2) is 0 Å². The number of ether oxygens (including phenoxy) is 2. The lowest BCUT2D eigenvalue weighted by Gasteiger charge is -2.11. The molecule has 1 N–H and O–H groups in total. The number of rotatable bonds is 4. The smallest absolute Gasteiger partial charge is 0.221 e. The molecule has 0 aromatic heterocycles. The quantitative estimate of drug-likeness (QED) is 0.792. The van der Waals surface area contributed by atoms with Gasteiger partial charge in [-0.2, -0.15) is 0 Å². The summed E-state index contributed by atoms with van der Waals surface area (Å²) in [6.07, 6.45) is 0.184. The molecule has 0 aliphatic carbocycles. The minimum absolute atomic E-state index is 0.102. The van der Waals surface area contributed by atoms with Gasteiger partial charge in [0.05, 0.1) is 18.9 Å². The minimum atomic E-state index is -0.102. The first-order chi connectivity index (χ1) is 7.70. The average molecular weight is 221 g/mol. The summed E-state index contributed by atoms with van der Waals surface area (Å²) in [6, 6.07) is 5.74. The van der Waals surface area contributed by atoms with Crippen molar-refractivity contribution in [3.63, 3.8) is 0 Å². The molecule has 0 saturated carbocycles. The highest BCUT2D eigenvalue weighted by molar-refractivity contribution is 5.90. The molecule has 4 heteroatoms. The topological polar surface area (TPSA) is 50.9 Å². The molecule has 1 aromatic carbocycles. The highest BCUT2D eigenvalue weighted by atomic mass is 16.6. The fraction of sp³-hybridized carbons (Fsp3) is 0.417. The lowest BCUT2D eigenvalue weighted by Crippen LogP contribution is -2.08. The summed E-state index contributed by atoms with van der Waals surface area (Å²) in [7, 11) is 0. The van der Waals surface area contributed by atoms with Gasteiger partial charge >= 0.3 is 0 Å². The summed E-state index contributed by atoms with van der Waals surface area (Å²) in [5, 5.41) is 2.76. The van der Waals surface area contributed by atoms with Gasteiger partial charge in [-0.05, 0) is 24.6 Å². The molecule has 1 aliphatic heterocycles. The molecule has 16 heavy (non-hydrogen) atoms. The molecule has 1 heterocycles. The van der Waals surface area contributed by atoms with Crippen molar-refractivity contribution in [2.24, 2.45) is 0 Å². The summed E-state index contributed by atoms with van der Waals surface area (Å²) in [5.41, 5.74) is 1.79. The average Bonchev–Trinajstić information content (AvgIpc) is 3.03. The van der Waals surface area contributed by atoms with Gasteiger partial charge in [-0.15, -0.1) is 0 Å². The number of epoxide rings is 1. The van der Waals surface area contributed by atoms with Crippen LogP contribution in [-0.2, 0) is 9.53 Å². The molecular formula is C12H15NO3. The number of hydrogen-bond acceptors (Lipinski definition) is 3. The second kappa shape index (κ2) is 4.53. The third-order valence-electron chi connectivity index (χ3n) is 2.32. The van der Waals surface area contributed by atoms with E-state index in [2.05, 4.69) is 5.32 Å². The van der Waals surface area contributed by atoms with Gasteiger partial charge in [-0.1, -0.05) is 6.07 Å². The Morgan fingerprint density at radius 1 is 1.62 bits per heavy atom. The monoisotopic (exact) mass is 221 g/mol. The molecule has 0 spiro atoms. The van der Waals surface area contributed by atoms with Gasteiger partial charge in [0.1, 0.15) is 11.9 Å². The molecule has 1 amide bonds. The normalized spacial score (nSPS) is 18.0. The Morgan fingerprint density at radius 3 is 2.94 bits per heavy atom. The summed E-state index contributed by atoms with van der Waals surface area (Å²) in [5.74, 6) is 0.594. The van der Waals surface area contributed by atoms with Crippen LogP contribution in [0.1, 0.15) is 25.5 Å². The first-order valence-electron chi connectivity index (χ1n) is 5.36. The molecule has 86 valence electrons. The Labute approximate surface area is 94.6 Å². The fourth-order valence-electron chi connectivity index (χ4n) is 1.56. The van der Waals surface area contributed by atoms with Gasteiger partial charge in [0.25, 0.3) is 0 Å². The Morgan fingerprint density at radius 2 is 2.38 bits per heavy atom. The largest absolute Gasteiger partial charge is 0.492 e. The lowest BCUT2D eigenvalue weighted by atomic mass is 10.1. The van der Waals surface area contributed by atoms with Gasteiger partial charge in [0, 0.05) is 6.92 Å². The Hall–Kier alpha value is -1.55. The third kappa shape index (κ3) is 2.52. The number of benzene rings is 1. The Kier molecular flexibility index (Phi) is 3.10. The maximum absolute atomic E-state index is 11.1.